The number of carbonyl (C=O) groups excluding carboxylic acids is 2. The van der Waals surface area contributed by atoms with Gasteiger partial charge in [-0.05, 0) is 42.4 Å². The number of nitrogens with one attached hydrogen (secondary N) is 2. The second-order valence-corrected chi connectivity index (χ2v) is 7.36. The van der Waals surface area contributed by atoms with Crippen LogP contribution in [0, 0.1) is 11.8 Å². The molecule has 1 aromatic carbocycles. The zero-order valence-electron chi connectivity index (χ0n) is 15.6. The minimum absolute atomic E-state index is 0.0839. The molecule has 0 heterocycles. The van der Waals surface area contributed by atoms with Gasteiger partial charge in [-0.2, -0.15) is 0 Å². The van der Waals surface area contributed by atoms with E-state index in [-0.39, 0.29) is 17.4 Å². The van der Waals surface area contributed by atoms with Crippen LogP contribution in [0.4, 0.5) is 0 Å². The lowest BCUT2D eigenvalue weighted by Crippen LogP contribution is -2.36. The largest absolute Gasteiger partial charge is 0.352 e. The fourth-order valence-corrected chi connectivity index (χ4v) is 2.31. The van der Waals surface area contributed by atoms with E-state index in [9.17, 15) is 9.59 Å². The average Bonchev–Trinajstić information content (AvgIpc) is 2.53. The molecule has 0 unspecified atom stereocenters. The van der Waals surface area contributed by atoms with E-state index >= 15 is 0 Å². The number of hydrogen-bond acceptors (Lipinski definition) is 2. The molecular formula is C20H29ClN2O2. The van der Waals surface area contributed by atoms with Crippen LogP contribution < -0.4 is 10.6 Å². The minimum Gasteiger partial charge on any atom is -0.352 e. The van der Waals surface area contributed by atoms with Gasteiger partial charge in [0.15, 0.2) is 0 Å². The first kappa shape index (κ1) is 21.2. The van der Waals surface area contributed by atoms with Crippen LogP contribution in [0.1, 0.15) is 46.1 Å². The quantitative estimate of drug-likeness (QED) is 0.394. The Morgan fingerprint density at radius 2 is 1.44 bits per heavy atom. The highest BCUT2D eigenvalue weighted by Crippen LogP contribution is 2.18. The molecule has 0 spiro atoms. The molecule has 0 aromatic heterocycles. The predicted molar refractivity (Wildman–Crippen MR) is 104 cm³/mol. The van der Waals surface area contributed by atoms with Crippen molar-refractivity contribution in [2.75, 3.05) is 13.1 Å². The Kier molecular flexibility index (Phi) is 9.28. The van der Waals surface area contributed by atoms with E-state index in [2.05, 4.69) is 38.3 Å². The first-order valence-corrected chi connectivity index (χ1v) is 9.21. The van der Waals surface area contributed by atoms with Crippen molar-refractivity contribution in [1.29, 1.82) is 0 Å². The first-order chi connectivity index (χ1) is 11.8. The van der Waals surface area contributed by atoms with Crippen molar-refractivity contribution in [1.82, 2.24) is 10.6 Å². The van der Waals surface area contributed by atoms with E-state index < -0.39 is 0 Å². The van der Waals surface area contributed by atoms with Crippen LogP contribution in [0.15, 0.2) is 29.8 Å². The van der Waals surface area contributed by atoms with Gasteiger partial charge < -0.3 is 10.6 Å². The third kappa shape index (κ3) is 8.21. The van der Waals surface area contributed by atoms with Crippen LogP contribution in [0.2, 0.25) is 5.02 Å². The SMILES string of the molecule is CC(C)CCNC(=O)C(=Cc1ccccc1Cl)C(=O)NCCC(C)C. The van der Waals surface area contributed by atoms with Crippen molar-refractivity contribution in [3.05, 3.63) is 40.4 Å². The third-order valence-corrected chi connectivity index (χ3v) is 4.05. The molecule has 0 saturated heterocycles. The van der Waals surface area contributed by atoms with Gasteiger partial charge in [-0.1, -0.05) is 57.5 Å². The van der Waals surface area contributed by atoms with Crippen LogP contribution in [0.3, 0.4) is 0 Å². The lowest BCUT2D eigenvalue weighted by molar-refractivity contribution is -0.123. The lowest BCUT2D eigenvalue weighted by atomic mass is 10.1. The van der Waals surface area contributed by atoms with E-state index in [4.69, 9.17) is 11.6 Å². The zero-order chi connectivity index (χ0) is 18.8. The Morgan fingerprint density at radius 3 is 1.88 bits per heavy atom. The van der Waals surface area contributed by atoms with Crippen molar-refractivity contribution in [2.45, 2.75) is 40.5 Å². The third-order valence-electron chi connectivity index (χ3n) is 3.71. The molecule has 0 radical (unpaired) electrons. The Hall–Kier alpha value is -1.81. The molecule has 138 valence electrons. The molecule has 25 heavy (non-hydrogen) atoms. The summed E-state index contributed by atoms with van der Waals surface area (Å²) >= 11 is 6.16. The van der Waals surface area contributed by atoms with E-state index in [0.717, 1.165) is 12.8 Å². The number of amides is 2. The van der Waals surface area contributed by atoms with Crippen molar-refractivity contribution in [3.63, 3.8) is 0 Å². The molecule has 0 bridgehead atoms. The van der Waals surface area contributed by atoms with Gasteiger partial charge in [0.1, 0.15) is 5.57 Å². The summed E-state index contributed by atoms with van der Waals surface area (Å²) in [6, 6.07) is 7.15. The fourth-order valence-electron chi connectivity index (χ4n) is 2.12. The van der Waals surface area contributed by atoms with E-state index in [1.165, 1.54) is 0 Å². The summed E-state index contributed by atoms with van der Waals surface area (Å²) in [6.07, 6.45) is 3.28. The maximum atomic E-state index is 12.5. The van der Waals surface area contributed by atoms with Crippen molar-refractivity contribution >= 4 is 29.5 Å². The van der Waals surface area contributed by atoms with E-state index in [1.807, 2.05) is 12.1 Å². The molecule has 2 N–H and O–H groups in total. The van der Waals surface area contributed by atoms with Crippen LogP contribution in [0.5, 0.6) is 0 Å². The summed E-state index contributed by atoms with van der Waals surface area (Å²) in [5, 5.41) is 6.15. The Balaban J connectivity index is 2.91. The van der Waals surface area contributed by atoms with Gasteiger partial charge in [-0.25, -0.2) is 0 Å². The smallest absolute Gasteiger partial charge is 0.256 e. The Morgan fingerprint density at radius 1 is 0.960 bits per heavy atom. The molecule has 0 aliphatic heterocycles. The fraction of sp³-hybridized carbons (Fsp3) is 0.500. The molecular weight excluding hydrogens is 336 g/mol. The molecule has 5 heteroatoms. The molecule has 0 fully saturated rings. The van der Waals surface area contributed by atoms with Crippen LogP contribution in [-0.4, -0.2) is 24.9 Å². The minimum atomic E-state index is -0.373. The number of hydrogen-bond donors (Lipinski definition) is 2. The molecule has 4 nitrogen and oxygen atoms in total. The Bertz CT molecular complexity index is 581. The number of carbonyl (C=O) groups is 2. The van der Waals surface area contributed by atoms with Gasteiger partial charge in [-0.3, -0.25) is 9.59 Å². The predicted octanol–water partition coefficient (Wildman–Crippen LogP) is 4.05. The normalized spacial score (nSPS) is 10.7. The number of rotatable bonds is 9. The summed E-state index contributed by atoms with van der Waals surface area (Å²) in [4.78, 5) is 25.0. The van der Waals surface area contributed by atoms with Crippen molar-refractivity contribution < 1.29 is 9.59 Å². The van der Waals surface area contributed by atoms with Crippen LogP contribution in [0.25, 0.3) is 6.08 Å². The van der Waals surface area contributed by atoms with Crippen molar-refractivity contribution in [2.24, 2.45) is 11.8 Å². The standard InChI is InChI=1S/C20H29ClN2O2/c1-14(2)9-11-22-19(24)17(20(25)23-12-10-15(3)4)13-16-7-5-6-8-18(16)21/h5-8,13-15H,9-12H2,1-4H3,(H,22,24)(H,23,25). The van der Waals surface area contributed by atoms with Crippen molar-refractivity contribution in [3.8, 4) is 0 Å². The van der Waals surface area contributed by atoms with Crippen LogP contribution >= 0.6 is 11.6 Å². The topological polar surface area (TPSA) is 58.2 Å². The Labute approximate surface area is 156 Å². The highest BCUT2D eigenvalue weighted by molar-refractivity contribution is 6.32. The summed E-state index contributed by atoms with van der Waals surface area (Å²) in [5.41, 5.74) is 0.734. The van der Waals surface area contributed by atoms with Gasteiger partial charge in [0, 0.05) is 18.1 Å². The van der Waals surface area contributed by atoms with Gasteiger partial charge in [0.25, 0.3) is 11.8 Å². The zero-order valence-corrected chi connectivity index (χ0v) is 16.3. The highest BCUT2D eigenvalue weighted by Gasteiger charge is 2.18. The summed E-state index contributed by atoms with van der Waals surface area (Å²) in [7, 11) is 0. The average molecular weight is 365 g/mol. The molecule has 0 atom stereocenters. The highest BCUT2D eigenvalue weighted by atomic mass is 35.5. The number of halogens is 1. The maximum absolute atomic E-state index is 12.5. The van der Waals surface area contributed by atoms with Gasteiger partial charge in [0.05, 0.1) is 0 Å². The summed E-state index contributed by atoms with van der Waals surface area (Å²) in [5.74, 6) is 0.220. The molecule has 0 saturated carbocycles. The first-order valence-electron chi connectivity index (χ1n) is 8.83. The second kappa shape index (κ2) is 10.9. The van der Waals surface area contributed by atoms with Gasteiger partial charge in [-0.15, -0.1) is 0 Å². The number of benzene rings is 1. The van der Waals surface area contributed by atoms with Gasteiger partial charge in [0.2, 0.25) is 0 Å². The maximum Gasteiger partial charge on any atom is 0.256 e. The monoisotopic (exact) mass is 364 g/mol. The molecule has 1 rings (SSSR count). The van der Waals surface area contributed by atoms with Crippen LogP contribution in [-0.2, 0) is 9.59 Å². The molecule has 0 aliphatic carbocycles. The van der Waals surface area contributed by atoms with E-state index in [1.54, 1.807) is 18.2 Å². The molecule has 0 aliphatic rings. The summed E-state index contributed by atoms with van der Waals surface area (Å²) in [6.45, 7) is 9.43. The van der Waals surface area contributed by atoms with Gasteiger partial charge >= 0.3 is 0 Å². The second-order valence-electron chi connectivity index (χ2n) is 6.96. The molecule has 1 aromatic rings. The van der Waals surface area contributed by atoms with E-state index in [0.29, 0.717) is 35.5 Å². The lowest BCUT2D eigenvalue weighted by Gasteiger charge is -2.12. The summed E-state index contributed by atoms with van der Waals surface area (Å²) < 4.78 is 0. The molecule has 2 amide bonds.